The lowest BCUT2D eigenvalue weighted by Gasteiger charge is -2.10. The SMILES string of the molecule is O=C(O)c1ccc(Cl)cc1NC(=O)C(F)(F)F. The first-order chi connectivity index (χ1) is 7.71. The van der Waals surface area contributed by atoms with E-state index in [4.69, 9.17) is 16.7 Å². The predicted molar refractivity (Wildman–Crippen MR) is 53.1 cm³/mol. The monoisotopic (exact) mass is 267 g/mol. The topological polar surface area (TPSA) is 66.4 Å². The minimum atomic E-state index is -5.10. The summed E-state index contributed by atoms with van der Waals surface area (Å²) in [5, 5.41) is 10.1. The van der Waals surface area contributed by atoms with Gasteiger partial charge in [-0.25, -0.2) is 4.79 Å². The number of anilines is 1. The van der Waals surface area contributed by atoms with Gasteiger partial charge in [-0.05, 0) is 18.2 Å². The molecule has 92 valence electrons. The van der Waals surface area contributed by atoms with Gasteiger partial charge in [-0.2, -0.15) is 13.2 Å². The van der Waals surface area contributed by atoms with E-state index in [2.05, 4.69) is 0 Å². The summed E-state index contributed by atoms with van der Waals surface area (Å²) < 4.78 is 35.9. The Kier molecular flexibility index (Phi) is 3.62. The molecule has 0 heterocycles. The molecule has 0 aromatic heterocycles. The molecule has 0 unspecified atom stereocenters. The lowest BCUT2D eigenvalue weighted by molar-refractivity contribution is -0.167. The predicted octanol–water partition coefficient (Wildman–Crippen LogP) is 2.54. The number of carbonyl (C=O) groups is 2. The summed E-state index contributed by atoms with van der Waals surface area (Å²) in [5.74, 6) is -3.73. The maximum absolute atomic E-state index is 12.0. The summed E-state index contributed by atoms with van der Waals surface area (Å²) in [4.78, 5) is 21.3. The summed E-state index contributed by atoms with van der Waals surface area (Å²) in [6.45, 7) is 0. The Bertz CT molecular complexity index is 473. The average molecular weight is 268 g/mol. The van der Waals surface area contributed by atoms with Gasteiger partial charge in [0.25, 0.3) is 0 Å². The van der Waals surface area contributed by atoms with E-state index in [1.54, 1.807) is 0 Å². The van der Waals surface area contributed by atoms with Crippen molar-refractivity contribution in [2.45, 2.75) is 6.18 Å². The van der Waals surface area contributed by atoms with Crippen molar-refractivity contribution < 1.29 is 27.9 Å². The lowest BCUT2D eigenvalue weighted by atomic mass is 10.2. The van der Waals surface area contributed by atoms with Crippen LogP contribution >= 0.6 is 11.6 Å². The van der Waals surface area contributed by atoms with Crippen molar-refractivity contribution in [1.29, 1.82) is 0 Å². The molecule has 1 aromatic carbocycles. The van der Waals surface area contributed by atoms with Gasteiger partial charge in [0.15, 0.2) is 0 Å². The largest absolute Gasteiger partial charge is 0.478 e. The molecule has 0 aliphatic rings. The van der Waals surface area contributed by atoms with E-state index in [1.165, 1.54) is 11.4 Å². The maximum Gasteiger partial charge on any atom is 0.471 e. The molecule has 2 N–H and O–H groups in total. The number of carboxylic acid groups (broad SMARTS) is 1. The van der Waals surface area contributed by atoms with Crippen LogP contribution in [-0.2, 0) is 4.79 Å². The number of aromatic carboxylic acids is 1. The first-order valence-electron chi connectivity index (χ1n) is 4.13. The molecular weight excluding hydrogens is 263 g/mol. The first-order valence-corrected chi connectivity index (χ1v) is 4.50. The standard InChI is InChI=1S/C9H5ClF3NO3/c10-4-1-2-5(7(15)16)6(3-4)14-8(17)9(11,12)13/h1-3H,(H,14,17)(H,15,16). The van der Waals surface area contributed by atoms with Crippen LogP contribution in [0.15, 0.2) is 18.2 Å². The second kappa shape index (κ2) is 4.62. The number of amides is 1. The van der Waals surface area contributed by atoms with Gasteiger partial charge in [-0.3, -0.25) is 4.79 Å². The van der Waals surface area contributed by atoms with Crippen LogP contribution in [0, 0.1) is 0 Å². The highest BCUT2D eigenvalue weighted by molar-refractivity contribution is 6.31. The summed E-state index contributed by atoms with van der Waals surface area (Å²) in [7, 11) is 0. The molecule has 1 amide bonds. The van der Waals surface area contributed by atoms with Gasteiger partial charge >= 0.3 is 18.1 Å². The Morgan fingerprint density at radius 3 is 2.35 bits per heavy atom. The van der Waals surface area contributed by atoms with Crippen LogP contribution in [0.5, 0.6) is 0 Å². The molecule has 0 saturated heterocycles. The van der Waals surface area contributed by atoms with E-state index >= 15 is 0 Å². The van der Waals surface area contributed by atoms with Gasteiger partial charge in [-0.15, -0.1) is 0 Å². The fourth-order valence-electron chi connectivity index (χ4n) is 1.000. The molecule has 0 atom stereocenters. The second-order valence-corrected chi connectivity index (χ2v) is 3.38. The van der Waals surface area contributed by atoms with Gasteiger partial charge in [0.1, 0.15) is 0 Å². The smallest absolute Gasteiger partial charge is 0.471 e. The van der Waals surface area contributed by atoms with Crippen LogP contribution in [0.25, 0.3) is 0 Å². The maximum atomic E-state index is 12.0. The molecule has 0 aliphatic carbocycles. The van der Waals surface area contributed by atoms with Crippen LogP contribution in [0.1, 0.15) is 10.4 Å². The molecular formula is C9H5ClF3NO3. The molecule has 0 aliphatic heterocycles. The van der Waals surface area contributed by atoms with Gasteiger partial charge in [0.05, 0.1) is 11.3 Å². The van der Waals surface area contributed by atoms with Crippen LogP contribution in [-0.4, -0.2) is 23.2 Å². The Balaban J connectivity index is 3.09. The Morgan fingerprint density at radius 2 is 1.88 bits per heavy atom. The van der Waals surface area contributed by atoms with Crippen molar-refractivity contribution in [3.8, 4) is 0 Å². The third kappa shape index (κ3) is 3.35. The molecule has 0 spiro atoms. The quantitative estimate of drug-likeness (QED) is 0.865. The van der Waals surface area contributed by atoms with E-state index in [0.29, 0.717) is 0 Å². The number of nitrogens with one attached hydrogen (secondary N) is 1. The number of halogens is 4. The molecule has 0 radical (unpaired) electrons. The number of hydrogen-bond acceptors (Lipinski definition) is 2. The summed E-state index contributed by atoms with van der Waals surface area (Å²) >= 11 is 5.49. The molecule has 8 heteroatoms. The number of carbonyl (C=O) groups excluding carboxylic acids is 1. The zero-order valence-corrected chi connectivity index (χ0v) is 8.76. The second-order valence-electron chi connectivity index (χ2n) is 2.95. The highest BCUT2D eigenvalue weighted by Gasteiger charge is 2.39. The summed E-state index contributed by atoms with van der Waals surface area (Å²) in [6.07, 6.45) is -5.10. The van der Waals surface area contributed by atoms with Gasteiger partial charge in [-0.1, -0.05) is 11.6 Å². The van der Waals surface area contributed by atoms with Crippen LogP contribution in [0.4, 0.5) is 18.9 Å². The number of alkyl halides is 3. The number of carboxylic acids is 1. The molecule has 17 heavy (non-hydrogen) atoms. The van der Waals surface area contributed by atoms with Crippen molar-refractivity contribution in [2.75, 3.05) is 5.32 Å². The summed E-state index contributed by atoms with van der Waals surface area (Å²) in [6, 6.07) is 3.11. The Hall–Kier alpha value is -1.76. The van der Waals surface area contributed by atoms with E-state index in [9.17, 15) is 22.8 Å². The van der Waals surface area contributed by atoms with E-state index < -0.39 is 29.3 Å². The zero-order valence-electron chi connectivity index (χ0n) is 8.01. The Morgan fingerprint density at radius 1 is 1.29 bits per heavy atom. The normalized spacial score (nSPS) is 11.1. The van der Waals surface area contributed by atoms with Crippen LogP contribution in [0.3, 0.4) is 0 Å². The van der Waals surface area contributed by atoms with E-state index in [0.717, 1.165) is 12.1 Å². The third-order valence-electron chi connectivity index (χ3n) is 1.72. The van der Waals surface area contributed by atoms with Crippen molar-refractivity contribution in [1.82, 2.24) is 0 Å². The zero-order chi connectivity index (χ0) is 13.2. The lowest BCUT2D eigenvalue weighted by Crippen LogP contribution is -2.30. The molecule has 4 nitrogen and oxygen atoms in total. The minimum absolute atomic E-state index is 0.00692. The van der Waals surface area contributed by atoms with E-state index in [1.807, 2.05) is 0 Å². The van der Waals surface area contributed by atoms with Gasteiger partial charge in [0.2, 0.25) is 0 Å². The number of benzene rings is 1. The van der Waals surface area contributed by atoms with Crippen LogP contribution in [0.2, 0.25) is 5.02 Å². The molecule has 0 bridgehead atoms. The number of rotatable bonds is 2. The summed E-state index contributed by atoms with van der Waals surface area (Å²) in [5.41, 5.74) is -0.987. The van der Waals surface area contributed by atoms with E-state index in [-0.39, 0.29) is 5.02 Å². The molecule has 1 rings (SSSR count). The Labute approximate surface area is 98.0 Å². The van der Waals surface area contributed by atoms with Gasteiger partial charge in [0, 0.05) is 5.02 Å². The highest BCUT2D eigenvalue weighted by Crippen LogP contribution is 2.24. The first kappa shape index (κ1) is 13.3. The average Bonchev–Trinajstić information content (AvgIpc) is 2.15. The van der Waals surface area contributed by atoms with Crippen molar-refractivity contribution in [3.63, 3.8) is 0 Å². The minimum Gasteiger partial charge on any atom is -0.478 e. The molecule has 0 fully saturated rings. The van der Waals surface area contributed by atoms with Crippen molar-refractivity contribution in [2.24, 2.45) is 0 Å². The fourth-order valence-corrected chi connectivity index (χ4v) is 1.17. The molecule has 0 saturated carbocycles. The van der Waals surface area contributed by atoms with Crippen LogP contribution < -0.4 is 5.32 Å². The highest BCUT2D eigenvalue weighted by atomic mass is 35.5. The molecule has 1 aromatic rings. The number of hydrogen-bond donors (Lipinski definition) is 2. The van der Waals surface area contributed by atoms with Crippen molar-refractivity contribution >= 4 is 29.2 Å². The van der Waals surface area contributed by atoms with Gasteiger partial charge < -0.3 is 10.4 Å². The van der Waals surface area contributed by atoms with Crippen molar-refractivity contribution in [3.05, 3.63) is 28.8 Å². The fraction of sp³-hybridized carbons (Fsp3) is 0.111. The third-order valence-corrected chi connectivity index (χ3v) is 1.95.